The second-order valence-electron chi connectivity index (χ2n) is 2.25. The minimum absolute atomic E-state index is 0.143. The van der Waals surface area contributed by atoms with E-state index in [1.54, 1.807) is 0 Å². The zero-order chi connectivity index (χ0) is 10.9. The summed E-state index contributed by atoms with van der Waals surface area (Å²) in [5.74, 6) is 0. The van der Waals surface area contributed by atoms with Crippen LogP contribution in [0.4, 0.5) is 8.78 Å². The quantitative estimate of drug-likeness (QED) is 0.606. The summed E-state index contributed by atoms with van der Waals surface area (Å²) in [6.07, 6.45) is -1.83. The molecule has 0 amide bonds. The molecule has 78 valence electrons. The summed E-state index contributed by atoms with van der Waals surface area (Å²) < 4.78 is 46.3. The first-order chi connectivity index (χ1) is 6.34. The van der Waals surface area contributed by atoms with Gasteiger partial charge in [-0.25, -0.2) is 17.2 Å². The Morgan fingerprint density at radius 2 is 2.07 bits per heavy atom. The van der Waals surface area contributed by atoms with Crippen LogP contribution in [-0.2, 0) is 9.05 Å². The number of hydrogen-bond acceptors (Lipinski definition) is 3. The second kappa shape index (κ2) is 4.23. The van der Waals surface area contributed by atoms with Crippen LogP contribution < -0.4 is 0 Å². The first kappa shape index (κ1) is 12.1. The molecular formula is C6H3ClF2INO2S. The minimum atomic E-state index is -4.00. The van der Waals surface area contributed by atoms with E-state index in [2.05, 4.69) is 4.98 Å². The van der Waals surface area contributed by atoms with Crippen molar-refractivity contribution < 1.29 is 17.2 Å². The molecule has 0 fully saturated rings. The number of hydrogen-bond donors (Lipinski definition) is 0. The van der Waals surface area contributed by atoms with Crippen molar-refractivity contribution in [1.82, 2.24) is 4.98 Å². The molecule has 8 heteroatoms. The molecule has 3 nitrogen and oxygen atoms in total. The van der Waals surface area contributed by atoms with Gasteiger partial charge in [0.2, 0.25) is 0 Å². The number of rotatable bonds is 2. The Labute approximate surface area is 97.0 Å². The Hall–Kier alpha value is -0.0200. The molecule has 0 spiro atoms. The highest BCUT2D eigenvalue weighted by Crippen LogP contribution is 2.28. The molecule has 0 bridgehead atoms. The van der Waals surface area contributed by atoms with E-state index >= 15 is 0 Å². The third-order valence-corrected chi connectivity index (χ3v) is 4.21. The van der Waals surface area contributed by atoms with Gasteiger partial charge in [-0.3, -0.25) is 4.98 Å². The monoisotopic (exact) mass is 353 g/mol. The summed E-state index contributed by atoms with van der Waals surface area (Å²) in [5.41, 5.74) is -0.577. The Balaban J connectivity index is 3.43. The Kier molecular flexibility index (Phi) is 3.64. The van der Waals surface area contributed by atoms with E-state index in [4.69, 9.17) is 10.7 Å². The van der Waals surface area contributed by atoms with E-state index in [1.165, 1.54) is 22.6 Å². The summed E-state index contributed by atoms with van der Waals surface area (Å²) in [5, 5.41) is 0. The molecule has 0 aliphatic carbocycles. The molecule has 1 heterocycles. The number of halogens is 4. The van der Waals surface area contributed by atoms with Gasteiger partial charge in [-0.2, -0.15) is 0 Å². The molecule has 0 radical (unpaired) electrons. The fourth-order valence-electron chi connectivity index (χ4n) is 0.782. The van der Waals surface area contributed by atoms with Crippen LogP contribution in [0.1, 0.15) is 12.1 Å². The first-order valence-electron chi connectivity index (χ1n) is 3.21. The first-order valence-corrected chi connectivity index (χ1v) is 6.60. The van der Waals surface area contributed by atoms with Crippen LogP contribution in [0.2, 0.25) is 0 Å². The van der Waals surface area contributed by atoms with Gasteiger partial charge in [0.1, 0.15) is 5.69 Å². The van der Waals surface area contributed by atoms with Crippen LogP contribution in [0.5, 0.6) is 0 Å². The summed E-state index contributed by atoms with van der Waals surface area (Å²) in [4.78, 5) is 3.03. The van der Waals surface area contributed by atoms with Crippen molar-refractivity contribution in [3.05, 3.63) is 21.5 Å². The molecule has 1 rings (SSSR count). The van der Waals surface area contributed by atoms with Gasteiger partial charge >= 0.3 is 0 Å². The van der Waals surface area contributed by atoms with Crippen molar-refractivity contribution in [2.45, 2.75) is 11.3 Å². The lowest BCUT2D eigenvalue weighted by molar-refractivity contribution is 0.144. The maximum absolute atomic E-state index is 12.3. The number of alkyl halides is 2. The summed E-state index contributed by atoms with van der Waals surface area (Å²) in [6.45, 7) is 0. The number of nitrogens with zero attached hydrogens (tertiary/aromatic N) is 1. The summed E-state index contributed by atoms with van der Waals surface area (Å²) in [6, 6.07) is 1.08. The molecule has 0 aliphatic heterocycles. The molecule has 0 aliphatic rings. The van der Waals surface area contributed by atoms with Crippen LogP contribution in [-0.4, -0.2) is 13.4 Å². The molecule has 1 aromatic heterocycles. The van der Waals surface area contributed by atoms with Gasteiger partial charge in [-0.15, -0.1) is 0 Å². The van der Waals surface area contributed by atoms with Crippen molar-refractivity contribution in [3.8, 4) is 0 Å². The van der Waals surface area contributed by atoms with Gasteiger partial charge in [-0.05, 0) is 28.7 Å². The predicted octanol–water partition coefficient (Wildman–Crippen LogP) is 2.55. The van der Waals surface area contributed by atoms with Gasteiger partial charge in [-0.1, -0.05) is 0 Å². The zero-order valence-corrected chi connectivity index (χ0v) is 10.1. The molecule has 0 atom stereocenters. The predicted molar refractivity (Wildman–Crippen MR) is 54.9 cm³/mol. The summed E-state index contributed by atoms with van der Waals surface area (Å²) in [7, 11) is 1.04. The molecule has 1 aromatic rings. The minimum Gasteiger partial charge on any atom is -0.254 e. The fourth-order valence-corrected chi connectivity index (χ4v) is 3.52. The average Bonchev–Trinajstić information content (AvgIpc) is 2.01. The van der Waals surface area contributed by atoms with Crippen LogP contribution >= 0.6 is 33.3 Å². The van der Waals surface area contributed by atoms with Crippen LogP contribution in [0.15, 0.2) is 17.2 Å². The SMILES string of the molecule is O=S(=O)(Cl)c1ccnc(C(F)F)c1I. The Morgan fingerprint density at radius 1 is 1.50 bits per heavy atom. The van der Waals surface area contributed by atoms with E-state index in [9.17, 15) is 17.2 Å². The van der Waals surface area contributed by atoms with Gasteiger partial charge in [0, 0.05) is 16.9 Å². The zero-order valence-electron chi connectivity index (χ0n) is 6.42. The standard InChI is InChI=1S/C6H3ClF2INO2S/c7-14(12,13)3-1-2-11-5(4(3)10)6(8)9/h1-2,6H. The third-order valence-electron chi connectivity index (χ3n) is 1.35. The van der Waals surface area contributed by atoms with Crippen molar-refractivity contribution in [1.29, 1.82) is 0 Å². The van der Waals surface area contributed by atoms with Crippen molar-refractivity contribution in [2.75, 3.05) is 0 Å². The van der Waals surface area contributed by atoms with Crippen molar-refractivity contribution in [3.63, 3.8) is 0 Å². The van der Waals surface area contributed by atoms with E-state index in [0.29, 0.717) is 0 Å². The topological polar surface area (TPSA) is 47.0 Å². The van der Waals surface area contributed by atoms with Crippen LogP contribution in [0.25, 0.3) is 0 Å². The molecule has 14 heavy (non-hydrogen) atoms. The number of pyridine rings is 1. The van der Waals surface area contributed by atoms with Gasteiger partial charge in [0.15, 0.2) is 0 Å². The lowest BCUT2D eigenvalue weighted by atomic mass is 10.4. The molecule has 0 unspecified atom stereocenters. The van der Waals surface area contributed by atoms with Crippen LogP contribution in [0, 0.1) is 3.57 Å². The Bertz CT molecular complexity index is 451. The number of aromatic nitrogens is 1. The van der Waals surface area contributed by atoms with Crippen molar-refractivity contribution >= 4 is 42.3 Å². The molecule has 0 aromatic carbocycles. The third kappa shape index (κ3) is 2.51. The highest BCUT2D eigenvalue weighted by Gasteiger charge is 2.21. The van der Waals surface area contributed by atoms with Gasteiger partial charge < -0.3 is 0 Å². The van der Waals surface area contributed by atoms with Gasteiger partial charge in [0.05, 0.1) is 8.47 Å². The maximum atomic E-state index is 12.3. The Morgan fingerprint density at radius 3 is 2.50 bits per heavy atom. The lowest BCUT2D eigenvalue weighted by Gasteiger charge is -2.04. The lowest BCUT2D eigenvalue weighted by Crippen LogP contribution is -2.01. The largest absolute Gasteiger partial charge is 0.281 e. The molecule has 0 N–H and O–H groups in total. The molecular weight excluding hydrogens is 350 g/mol. The molecule has 0 saturated heterocycles. The van der Waals surface area contributed by atoms with E-state index < -0.39 is 21.2 Å². The normalized spacial score (nSPS) is 12.1. The van der Waals surface area contributed by atoms with E-state index in [0.717, 1.165) is 12.3 Å². The van der Waals surface area contributed by atoms with E-state index in [-0.39, 0.29) is 8.47 Å². The highest BCUT2D eigenvalue weighted by atomic mass is 127. The highest BCUT2D eigenvalue weighted by molar-refractivity contribution is 14.1. The maximum Gasteiger partial charge on any atom is 0.281 e. The molecule has 0 saturated carbocycles. The van der Waals surface area contributed by atoms with Gasteiger partial charge in [0.25, 0.3) is 15.5 Å². The smallest absolute Gasteiger partial charge is 0.254 e. The van der Waals surface area contributed by atoms with Crippen molar-refractivity contribution in [2.24, 2.45) is 0 Å². The fraction of sp³-hybridized carbons (Fsp3) is 0.167. The van der Waals surface area contributed by atoms with Crippen LogP contribution in [0.3, 0.4) is 0 Å². The summed E-state index contributed by atoms with van der Waals surface area (Å²) >= 11 is 1.48. The second-order valence-corrected chi connectivity index (χ2v) is 5.86. The van der Waals surface area contributed by atoms with E-state index in [1.807, 2.05) is 0 Å². The average molecular weight is 354 g/mol.